The van der Waals surface area contributed by atoms with Crippen LogP contribution < -0.4 is 10.1 Å². The molecular formula is C19H22N4O2S. The molecule has 0 saturated heterocycles. The molecule has 26 heavy (non-hydrogen) atoms. The first kappa shape index (κ1) is 18.1. The van der Waals surface area contributed by atoms with Gasteiger partial charge in [-0.05, 0) is 50.1 Å². The van der Waals surface area contributed by atoms with Gasteiger partial charge in [0.25, 0.3) is 0 Å². The molecule has 0 saturated carbocycles. The number of anilines is 1. The molecule has 0 unspecified atom stereocenters. The van der Waals surface area contributed by atoms with Crippen molar-refractivity contribution in [2.75, 3.05) is 12.4 Å². The third kappa shape index (κ3) is 4.11. The Hall–Kier alpha value is -2.67. The highest BCUT2D eigenvalue weighted by atomic mass is 32.1. The largest absolute Gasteiger partial charge is 0.497 e. The van der Waals surface area contributed by atoms with Crippen molar-refractivity contribution in [1.29, 1.82) is 0 Å². The fraction of sp³-hybridized carbons (Fsp3) is 0.316. The van der Waals surface area contributed by atoms with Gasteiger partial charge in [0.15, 0.2) is 5.13 Å². The van der Waals surface area contributed by atoms with Crippen LogP contribution in [0.3, 0.4) is 0 Å². The van der Waals surface area contributed by atoms with E-state index in [1.165, 1.54) is 11.3 Å². The monoisotopic (exact) mass is 370 g/mol. The van der Waals surface area contributed by atoms with Gasteiger partial charge in [0, 0.05) is 30.1 Å². The van der Waals surface area contributed by atoms with Crippen LogP contribution in [0, 0.1) is 13.8 Å². The zero-order valence-electron chi connectivity index (χ0n) is 15.4. The second-order valence-electron chi connectivity index (χ2n) is 6.11. The van der Waals surface area contributed by atoms with Crippen molar-refractivity contribution in [3.8, 4) is 17.0 Å². The molecule has 7 heteroatoms. The van der Waals surface area contributed by atoms with E-state index in [4.69, 9.17) is 4.74 Å². The summed E-state index contributed by atoms with van der Waals surface area (Å²) in [5.74, 6) is 0.768. The van der Waals surface area contributed by atoms with E-state index in [0.717, 1.165) is 33.1 Å². The number of rotatable bonds is 6. The van der Waals surface area contributed by atoms with Crippen molar-refractivity contribution in [3.63, 3.8) is 0 Å². The molecule has 0 atom stereocenters. The minimum Gasteiger partial charge on any atom is -0.497 e. The topological polar surface area (TPSA) is 69.0 Å². The summed E-state index contributed by atoms with van der Waals surface area (Å²) in [7, 11) is 3.53. The first-order valence-corrected chi connectivity index (χ1v) is 9.18. The number of aromatic nitrogens is 3. The fourth-order valence-corrected chi connectivity index (χ4v) is 3.64. The third-order valence-electron chi connectivity index (χ3n) is 4.14. The molecule has 1 aromatic carbocycles. The molecule has 0 aliphatic heterocycles. The number of hydrogen-bond donors (Lipinski definition) is 1. The van der Waals surface area contributed by atoms with Gasteiger partial charge in [-0.15, -0.1) is 11.3 Å². The number of nitrogens with zero attached hydrogens (tertiary/aromatic N) is 3. The minimum absolute atomic E-state index is 0.0386. The second kappa shape index (κ2) is 7.70. The smallest absolute Gasteiger partial charge is 0.226 e. The highest BCUT2D eigenvalue weighted by Gasteiger charge is 2.13. The summed E-state index contributed by atoms with van der Waals surface area (Å²) in [6, 6.07) is 7.75. The molecule has 0 fully saturated rings. The van der Waals surface area contributed by atoms with Crippen LogP contribution in [0.25, 0.3) is 11.3 Å². The highest BCUT2D eigenvalue weighted by Crippen LogP contribution is 2.31. The first-order chi connectivity index (χ1) is 12.5. The third-order valence-corrected chi connectivity index (χ3v) is 5.03. The predicted octanol–water partition coefficient (Wildman–Crippen LogP) is 3.74. The minimum atomic E-state index is -0.0386. The molecule has 0 aliphatic rings. The lowest BCUT2D eigenvalue weighted by atomic mass is 10.1. The lowest BCUT2D eigenvalue weighted by Crippen LogP contribution is -2.12. The molecule has 1 amide bonds. The van der Waals surface area contributed by atoms with Crippen LogP contribution in [0.4, 0.5) is 5.13 Å². The van der Waals surface area contributed by atoms with Gasteiger partial charge in [-0.3, -0.25) is 9.48 Å². The maximum atomic E-state index is 12.3. The normalized spacial score (nSPS) is 10.8. The van der Waals surface area contributed by atoms with Gasteiger partial charge in [0.1, 0.15) is 5.75 Å². The van der Waals surface area contributed by atoms with Crippen molar-refractivity contribution in [2.45, 2.75) is 26.7 Å². The lowest BCUT2D eigenvalue weighted by molar-refractivity contribution is -0.116. The van der Waals surface area contributed by atoms with E-state index in [1.807, 2.05) is 51.4 Å². The molecule has 0 bridgehead atoms. The second-order valence-corrected chi connectivity index (χ2v) is 7.32. The van der Waals surface area contributed by atoms with E-state index in [9.17, 15) is 4.79 Å². The number of benzene rings is 1. The maximum Gasteiger partial charge on any atom is 0.226 e. The number of nitrogens with one attached hydrogen (secondary N) is 1. The number of hydrogen-bond acceptors (Lipinski definition) is 5. The zero-order chi connectivity index (χ0) is 18.7. The average molecular weight is 370 g/mol. The molecule has 3 rings (SSSR count). The SMILES string of the molecule is COc1ccc(-c2nc(NC(=O)CCc3cn(C)nc3C)sc2C)cc1. The number of aryl methyl sites for hydroxylation is 4. The molecule has 0 radical (unpaired) electrons. The molecule has 2 heterocycles. The van der Waals surface area contributed by atoms with Crippen molar-refractivity contribution in [1.82, 2.24) is 14.8 Å². The summed E-state index contributed by atoms with van der Waals surface area (Å²) in [5.41, 5.74) is 3.95. The molecule has 2 aromatic heterocycles. The molecule has 3 aromatic rings. The molecule has 136 valence electrons. The summed E-state index contributed by atoms with van der Waals surface area (Å²) in [4.78, 5) is 17.9. The van der Waals surface area contributed by atoms with Crippen LogP contribution >= 0.6 is 11.3 Å². The van der Waals surface area contributed by atoms with E-state index in [0.29, 0.717) is 18.0 Å². The Balaban J connectivity index is 1.64. The van der Waals surface area contributed by atoms with Crippen molar-refractivity contribution < 1.29 is 9.53 Å². The van der Waals surface area contributed by atoms with Gasteiger partial charge in [-0.2, -0.15) is 5.10 Å². The number of ether oxygens (including phenoxy) is 1. The molecular weight excluding hydrogens is 348 g/mol. The van der Waals surface area contributed by atoms with Gasteiger partial charge in [0.2, 0.25) is 5.91 Å². The van der Waals surface area contributed by atoms with E-state index >= 15 is 0 Å². The highest BCUT2D eigenvalue weighted by molar-refractivity contribution is 7.16. The lowest BCUT2D eigenvalue weighted by Gasteiger charge is -2.02. The fourth-order valence-electron chi connectivity index (χ4n) is 2.79. The van der Waals surface area contributed by atoms with Crippen LogP contribution in [-0.4, -0.2) is 27.8 Å². The van der Waals surface area contributed by atoms with Gasteiger partial charge < -0.3 is 10.1 Å². The molecule has 0 aliphatic carbocycles. The summed E-state index contributed by atoms with van der Waals surface area (Å²) in [5, 5.41) is 7.83. The number of methoxy groups -OCH3 is 1. The number of amides is 1. The Morgan fingerprint density at radius 1 is 1.27 bits per heavy atom. The van der Waals surface area contributed by atoms with Crippen LogP contribution in [-0.2, 0) is 18.3 Å². The van der Waals surface area contributed by atoms with Crippen LogP contribution in [0.5, 0.6) is 5.75 Å². The van der Waals surface area contributed by atoms with Gasteiger partial charge >= 0.3 is 0 Å². The summed E-state index contributed by atoms with van der Waals surface area (Å²) < 4.78 is 6.96. The Morgan fingerprint density at radius 2 is 2.00 bits per heavy atom. The van der Waals surface area contributed by atoms with Crippen LogP contribution in [0.1, 0.15) is 22.6 Å². The van der Waals surface area contributed by atoms with Crippen LogP contribution in [0.2, 0.25) is 0 Å². The Morgan fingerprint density at radius 3 is 2.62 bits per heavy atom. The van der Waals surface area contributed by atoms with Gasteiger partial charge in [-0.25, -0.2) is 4.98 Å². The molecule has 0 spiro atoms. The predicted molar refractivity (Wildman–Crippen MR) is 104 cm³/mol. The average Bonchev–Trinajstić information content (AvgIpc) is 3.14. The quantitative estimate of drug-likeness (QED) is 0.718. The number of carbonyl (C=O) groups excluding carboxylic acids is 1. The number of thiazole rings is 1. The zero-order valence-corrected chi connectivity index (χ0v) is 16.2. The van der Waals surface area contributed by atoms with Crippen molar-refractivity contribution in [3.05, 3.63) is 46.6 Å². The van der Waals surface area contributed by atoms with Gasteiger partial charge in [-0.1, -0.05) is 0 Å². The van der Waals surface area contributed by atoms with Crippen LogP contribution in [0.15, 0.2) is 30.5 Å². The molecule has 6 nitrogen and oxygen atoms in total. The van der Waals surface area contributed by atoms with E-state index in [2.05, 4.69) is 15.4 Å². The summed E-state index contributed by atoms with van der Waals surface area (Å²) in [6.07, 6.45) is 3.03. The Kier molecular flexibility index (Phi) is 5.37. The maximum absolute atomic E-state index is 12.3. The standard InChI is InChI=1S/C19H22N4O2S/c1-12-15(11-23(3)22-12)7-10-17(24)20-19-21-18(13(2)26-19)14-5-8-16(25-4)9-6-14/h5-6,8-9,11H,7,10H2,1-4H3,(H,20,21,24). The first-order valence-electron chi connectivity index (χ1n) is 8.37. The van der Waals surface area contributed by atoms with Crippen molar-refractivity contribution >= 4 is 22.4 Å². The van der Waals surface area contributed by atoms with E-state index < -0.39 is 0 Å². The van der Waals surface area contributed by atoms with Gasteiger partial charge in [0.05, 0.1) is 18.5 Å². The Bertz CT molecular complexity index is 912. The Labute approximate surface area is 156 Å². The number of carbonyl (C=O) groups is 1. The molecule has 1 N–H and O–H groups in total. The van der Waals surface area contributed by atoms with Crippen molar-refractivity contribution in [2.24, 2.45) is 7.05 Å². The van der Waals surface area contributed by atoms with E-state index in [-0.39, 0.29) is 5.91 Å². The summed E-state index contributed by atoms with van der Waals surface area (Å²) in [6.45, 7) is 3.96. The van der Waals surface area contributed by atoms with E-state index in [1.54, 1.807) is 11.8 Å². The summed E-state index contributed by atoms with van der Waals surface area (Å²) >= 11 is 1.49.